The third kappa shape index (κ3) is 8.99. The van der Waals surface area contributed by atoms with Gasteiger partial charge in [0.05, 0.1) is 0 Å². The highest BCUT2D eigenvalue weighted by Gasteiger charge is 2.23. The Hall–Kier alpha value is -1.46. The van der Waals surface area contributed by atoms with Gasteiger partial charge in [-0.05, 0) is 66.7 Å². The average molecular weight is 341 g/mol. The first-order chi connectivity index (χ1) is 11.2. The van der Waals surface area contributed by atoms with Crippen LogP contribution in [0, 0.1) is 5.92 Å². The van der Waals surface area contributed by atoms with E-state index < -0.39 is 5.60 Å². The second kappa shape index (κ2) is 9.74. The van der Waals surface area contributed by atoms with Crippen molar-refractivity contribution in [2.24, 2.45) is 10.9 Å². The quantitative estimate of drug-likeness (QED) is 0.405. The van der Waals surface area contributed by atoms with Gasteiger partial charge in [0.1, 0.15) is 5.60 Å². The Morgan fingerprint density at radius 3 is 2.46 bits per heavy atom. The highest BCUT2D eigenvalue weighted by molar-refractivity contribution is 5.79. The fourth-order valence-electron chi connectivity index (χ4n) is 2.20. The summed E-state index contributed by atoms with van der Waals surface area (Å²) in [6.07, 6.45) is 3.22. The number of carbonyl (C=O) groups excluding carboxylic acids is 1. The van der Waals surface area contributed by atoms with Crippen LogP contribution in [0.4, 0.5) is 4.79 Å². The predicted molar refractivity (Wildman–Crippen MR) is 99.4 cm³/mol. The van der Waals surface area contributed by atoms with E-state index in [4.69, 9.17) is 4.74 Å². The van der Waals surface area contributed by atoms with E-state index in [1.807, 2.05) is 34.6 Å². The fourth-order valence-corrected chi connectivity index (χ4v) is 2.20. The zero-order valence-electron chi connectivity index (χ0n) is 16.3. The maximum absolute atomic E-state index is 12.3. The molecule has 6 heteroatoms. The van der Waals surface area contributed by atoms with E-state index in [0.717, 1.165) is 37.9 Å². The van der Waals surface area contributed by atoms with Crippen LogP contribution in [-0.2, 0) is 4.74 Å². The maximum atomic E-state index is 12.3. The van der Waals surface area contributed by atoms with Crippen LogP contribution in [0.2, 0.25) is 0 Å². The van der Waals surface area contributed by atoms with Gasteiger partial charge in [-0.1, -0.05) is 0 Å². The highest BCUT2D eigenvalue weighted by atomic mass is 16.6. The molecule has 0 spiro atoms. The second-order valence-corrected chi connectivity index (χ2v) is 7.71. The van der Waals surface area contributed by atoms with Crippen molar-refractivity contribution >= 4 is 12.1 Å². The number of hydrogen-bond donors (Lipinski definition) is 2. The molecule has 1 aliphatic rings. The van der Waals surface area contributed by atoms with Gasteiger partial charge >= 0.3 is 6.09 Å². The summed E-state index contributed by atoms with van der Waals surface area (Å²) in [4.78, 5) is 18.6. The van der Waals surface area contributed by atoms with E-state index in [2.05, 4.69) is 22.5 Å². The number of hydrogen-bond acceptors (Lipinski definition) is 3. The van der Waals surface area contributed by atoms with Crippen LogP contribution in [0.25, 0.3) is 0 Å². The minimum absolute atomic E-state index is 0.122. The molecule has 0 atom stereocenters. The van der Waals surface area contributed by atoms with Gasteiger partial charge in [0, 0.05) is 32.2 Å². The lowest BCUT2D eigenvalue weighted by atomic mass is 10.2. The van der Waals surface area contributed by atoms with E-state index in [-0.39, 0.29) is 12.1 Å². The Balaban J connectivity index is 2.37. The molecule has 2 N–H and O–H groups in total. The molecule has 0 radical (unpaired) electrons. The number of nitrogens with one attached hydrogen (secondary N) is 2. The maximum Gasteiger partial charge on any atom is 0.410 e. The van der Waals surface area contributed by atoms with Crippen molar-refractivity contribution in [2.45, 2.75) is 72.4 Å². The molecule has 1 rings (SSSR count). The average Bonchev–Trinajstić information content (AvgIpc) is 3.26. The first kappa shape index (κ1) is 20.6. The first-order valence-electron chi connectivity index (χ1n) is 9.24. The van der Waals surface area contributed by atoms with Crippen LogP contribution in [0.1, 0.15) is 60.8 Å². The van der Waals surface area contributed by atoms with Crippen molar-refractivity contribution in [1.29, 1.82) is 0 Å². The summed E-state index contributed by atoms with van der Waals surface area (Å²) < 4.78 is 5.48. The van der Waals surface area contributed by atoms with E-state index in [0.29, 0.717) is 6.54 Å². The summed E-state index contributed by atoms with van der Waals surface area (Å²) in [6, 6.07) is 0.122. The molecular weight excluding hydrogens is 304 g/mol. The van der Waals surface area contributed by atoms with Crippen molar-refractivity contribution in [1.82, 2.24) is 15.5 Å². The number of aliphatic imine (C=N–C) groups is 1. The van der Waals surface area contributed by atoms with Crippen LogP contribution in [-0.4, -0.2) is 54.8 Å². The molecule has 1 aliphatic carbocycles. The number of rotatable bonds is 8. The molecule has 0 aromatic heterocycles. The summed E-state index contributed by atoms with van der Waals surface area (Å²) in [5, 5.41) is 6.61. The summed E-state index contributed by atoms with van der Waals surface area (Å²) in [5.41, 5.74) is -0.462. The monoisotopic (exact) mass is 340 g/mol. The highest BCUT2D eigenvalue weighted by Crippen LogP contribution is 2.28. The van der Waals surface area contributed by atoms with Gasteiger partial charge in [0.25, 0.3) is 0 Å². The lowest BCUT2D eigenvalue weighted by Gasteiger charge is -2.30. The Labute approximate surface area is 147 Å². The van der Waals surface area contributed by atoms with Gasteiger partial charge in [0.15, 0.2) is 5.96 Å². The molecule has 0 aromatic rings. The zero-order chi connectivity index (χ0) is 18.2. The second-order valence-electron chi connectivity index (χ2n) is 7.71. The largest absolute Gasteiger partial charge is 0.444 e. The fraction of sp³-hybridized carbons (Fsp3) is 0.889. The van der Waals surface area contributed by atoms with Crippen LogP contribution in [0.15, 0.2) is 4.99 Å². The van der Waals surface area contributed by atoms with Crippen molar-refractivity contribution in [2.75, 3.05) is 26.2 Å². The molecule has 1 fully saturated rings. The van der Waals surface area contributed by atoms with Crippen LogP contribution in [0.3, 0.4) is 0 Å². The third-order valence-corrected chi connectivity index (χ3v) is 3.67. The molecule has 1 amide bonds. The Kier molecular flexibility index (Phi) is 8.36. The van der Waals surface area contributed by atoms with Crippen LogP contribution in [0.5, 0.6) is 0 Å². The van der Waals surface area contributed by atoms with E-state index in [1.165, 1.54) is 12.8 Å². The molecule has 24 heavy (non-hydrogen) atoms. The molecule has 140 valence electrons. The smallest absolute Gasteiger partial charge is 0.410 e. The number of ether oxygens (including phenoxy) is 1. The van der Waals surface area contributed by atoms with E-state index in [1.54, 1.807) is 4.90 Å². The van der Waals surface area contributed by atoms with Crippen molar-refractivity contribution in [3.8, 4) is 0 Å². The first-order valence-corrected chi connectivity index (χ1v) is 9.24. The number of carbonyl (C=O) groups is 1. The Bertz CT molecular complexity index is 412. The lowest BCUT2D eigenvalue weighted by Crippen LogP contribution is -2.43. The topological polar surface area (TPSA) is 66.0 Å². The number of nitrogens with zero attached hydrogens (tertiary/aromatic N) is 2. The van der Waals surface area contributed by atoms with Crippen LogP contribution >= 0.6 is 0 Å². The standard InChI is InChI=1S/C18H36N4O2/c1-7-19-16(21-13-15-9-10-15)20-11-8-12-22(14(2)3)17(23)24-18(4,5)6/h14-15H,7-13H2,1-6H3,(H2,19,20,21). The summed E-state index contributed by atoms with van der Waals surface area (Å²) in [6.45, 7) is 15.0. The summed E-state index contributed by atoms with van der Waals surface area (Å²) in [5.74, 6) is 1.65. The van der Waals surface area contributed by atoms with Gasteiger partial charge in [0.2, 0.25) is 0 Å². The van der Waals surface area contributed by atoms with Crippen molar-refractivity contribution < 1.29 is 9.53 Å². The Morgan fingerprint density at radius 1 is 1.29 bits per heavy atom. The van der Waals surface area contributed by atoms with Gasteiger partial charge in [-0.25, -0.2) is 4.79 Å². The van der Waals surface area contributed by atoms with Crippen molar-refractivity contribution in [3.05, 3.63) is 0 Å². The molecular formula is C18H36N4O2. The van der Waals surface area contributed by atoms with Gasteiger partial charge < -0.3 is 20.3 Å². The van der Waals surface area contributed by atoms with Gasteiger partial charge in [-0.2, -0.15) is 0 Å². The zero-order valence-corrected chi connectivity index (χ0v) is 16.3. The molecule has 1 saturated carbocycles. The summed E-state index contributed by atoms with van der Waals surface area (Å²) >= 11 is 0. The molecule has 0 bridgehead atoms. The minimum atomic E-state index is -0.462. The normalized spacial score (nSPS) is 15.4. The molecule has 0 aliphatic heterocycles. The van der Waals surface area contributed by atoms with Gasteiger partial charge in [-0.15, -0.1) is 0 Å². The van der Waals surface area contributed by atoms with Crippen LogP contribution < -0.4 is 10.6 Å². The third-order valence-electron chi connectivity index (χ3n) is 3.67. The molecule has 0 saturated heterocycles. The Morgan fingerprint density at radius 2 is 1.96 bits per heavy atom. The molecule has 0 aromatic carbocycles. The van der Waals surface area contributed by atoms with E-state index in [9.17, 15) is 4.79 Å². The minimum Gasteiger partial charge on any atom is -0.444 e. The molecule has 6 nitrogen and oxygen atoms in total. The molecule has 0 unspecified atom stereocenters. The van der Waals surface area contributed by atoms with Gasteiger partial charge in [-0.3, -0.25) is 4.99 Å². The predicted octanol–water partition coefficient (Wildman–Crippen LogP) is 2.99. The number of amides is 1. The molecule has 0 heterocycles. The summed E-state index contributed by atoms with van der Waals surface area (Å²) in [7, 11) is 0. The van der Waals surface area contributed by atoms with Crippen molar-refractivity contribution in [3.63, 3.8) is 0 Å². The number of guanidine groups is 1. The lowest BCUT2D eigenvalue weighted by molar-refractivity contribution is 0.0190. The van der Waals surface area contributed by atoms with E-state index >= 15 is 0 Å². The SMILES string of the molecule is CCNC(=NCC1CC1)NCCCN(C(=O)OC(C)(C)C)C(C)C.